The van der Waals surface area contributed by atoms with E-state index in [1.807, 2.05) is 25.2 Å². The van der Waals surface area contributed by atoms with Crippen LogP contribution in [0.2, 0.25) is 16.6 Å². The summed E-state index contributed by atoms with van der Waals surface area (Å²) >= 11 is 0. The van der Waals surface area contributed by atoms with Crippen LogP contribution < -0.4 is 0 Å². The SMILES string of the molecule is C/C=C/C=C(\CCCC)C(=O)O[Si](C(C)C)(C(C)C)C(C)C. The smallest absolute Gasteiger partial charge is 0.320 e. The number of allylic oxidation sites excluding steroid dienone is 3. The van der Waals surface area contributed by atoms with Crippen LogP contribution in [-0.4, -0.2) is 14.3 Å². The quantitative estimate of drug-likeness (QED) is 0.279. The van der Waals surface area contributed by atoms with Crippen molar-refractivity contribution >= 4 is 14.3 Å². The van der Waals surface area contributed by atoms with Crippen LogP contribution in [0.4, 0.5) is 0 Å². The van der Waals surface area contributed by atoms with E-state index in [2.05, 4.69) is 48.5 Å². The summed E-state index contributed by atoms with van der Waals surface area (Å²) < 4.78 is 6.28. The van der Waals surface area contributed by atoms with Gasteiger partial charge in [0.05, 0.1) is 0 Å². The number of hydrogen-bond acceptors (Lipinski definition) is 2. The Hall–Kier alpha value is -0.833. The summed E-state index contributed by atoms with van der Waals surface area (Å²) in [6.45, 7) is 17.4. The minimum Gasteiger partial charge on any atom is -0.515 e. The molecule has 128 valence electrons. The van der Waals surface area contributed by atoms with Gasteiger partial charge in [-0.25, -0.2) is 4.79 Å². The van der Waals surface area contributed by atoms with Crippen molar-refractivity contribution in [1.82, 2.24) is 0 Å². The van der Waals surface area contributed by atoms with Gasteiger partial charge in [0, 0.05) is 5.57 Å². The van der Waals surface area contributed by atoms with Crippen LogP contribution in [0.15, 0.2) is 23.8 Å². The van der Waals surface area contributed by atoms with E-state index in [4.69, 9.17) is 4.43 Å². The molecule has 0 unspecified atom stereocenters. The molecule has 0 aromatic heterocycles. The molecule has 0 spiro atoms. The van der Waals surface area contributed by atoms with E-state index in [0.29, 0.717) is 16.6 Å². The molecule has 0 bridgehead atoms. The van der Waals surface area contributed by atoms with E-state index in [-0.39, 0.29) is 5.97 Å². The first-order valence-electron chi connectivity index (χ1n) is 8.79. The first-order valence-corrected chi connectivity index (χ1v) is 10.9. The molecule has 0 aromatic rings. The molecule has 0 radical (unpaired) electrons. The third kappa shape index (κ3) is 5.42. The summed E-state index contributed by atoms with van der Waals surface area (Å²) in [6, 6.07) is 0. The zero-order valence-electron chi connectivity index (χ0n) is 15.9. The van der Waals surface area contributed by atoms with Gasteiger partial charge in [-0.3, -0.25) is 0 Å². The highest BCUT2D eigenvalue weighted by molar-refractivity contribution is 6.79. The van der Waals surface area contributed by atoms with Gasteiger partial charge in [-0.1, -0.05) is 73.1 Å². The lowest BCUT2D eigenvalue weighted by Crippen LogP contribution is -2.49. The zero-order chi connectivity index (χ0) is 17.3. The molecule has 0 amide bonds. The van der Waals surface area contributed by atoms with Gasteiger partial charge >= 0.3 is 5.97 Å². The van der Waals surface area contributed by atoms with E-state index >= 15 is 0 Å². The molecule has 0 saturated heterocycles. The minimum atomic E-state index is -2.15. The molecule has 0 N–H and O–H groups in total. The molecular formula is C19H36O2Si. The van der Waals surface area contributed by atoms with Crippen LogP contribution in [0.1, 0.15) is 74.7 Å². The van der Waals surface area contributed by atoms with Crippen LogP contribution in [0, 0.1) is 0 Å². The highest BCUT2D eigenvalue weighted by Gasteiger charge is 2.48. The van der Waals surface area contributed by atoms with Crippen molar-refractivity contribution in [3.8, 4) is 0 Å². The van der Waals surface area contributed by atoms with Gasteiger partial charge in [0.15, 0.2) is 0 Å². The Balaban J connectivity index is 5.45. The van der Waals surface area contributed by atoms with Gasteiger partial charge < -0.3 is 4.43 Å². The molecular weight excluding hydrogens is 288 g/mol. The molecule has 0 aliphatic rings. The van der Waals surface area contributed by atoms with Gasteiger partial charge in [-0.2, -0.15) is 0 Å². The summed E-state index contributed by atoms with van der Waals surface area (Å²) in [4.78, 5) is 12.8. The second kappa shape index (κ2) is 10.0. The Bertz CT molecular complexity index is 370. The second-order valence-corrected chi connectivity index (χ2v) is 12.4. The average molecular weight is 325 g/mol. The van der Waals surface area contributed by atoms with Gasteiger partial charge in [-0.05, 0) is 36.4 Å². The molecule has 0 aliphatic carbocycles. The fourth-order valence-electron chi connectivity index (χ4n) is 3.41. The molecule has 0 rings (SSSR count). The Morgan fingerprint density at radius 1 is 1.05 bits per heavy atom. The van der Waals surface area contributed by atoms with E-state index in [1.54, 1.807) is 0 Å². The predicted octanol–water partition coefficient (Wildman–Crippen LogP) is 6.40. The van der Waals surface area contributed by atoms with Crippen LogP contribution in [-0.2, 0) is 9.22 Å². The maximum atomic E-state index is 12.8. The summed E-state index contributed by atoms with van der Waals surface area (Å²) in [6.07, 6.45) is 8.74. The van der Waals surface area contributed by atoms with E-state index in [9.17, 15) is 4.79 Å². The topological polar surface area (TPSA) is 26.3 Å². The predicted molar refractivity (Wildman–Crippen MR) is 99.6 cm³/mol. The Labute approximate surface area is 139 Å². The van der Waals surface area contributed by atoms with E-state index in [1.165, 1.54) is 0 Å². The third-order valence-electron chi connectivity index (χ3n) is 4.53. The molecule has 0 fully saturated rings. The number of carbonyl (C=O) groups is 1. The molecule has 0 heterocycles. The van der Waals surface area contributed by atoms with Crippen LogP contribution in [0.25, 0.3) is 0 Å². The maximum Gasteiger partial charge on any atom is 0.320 e. The number of rotatable bonds is 9. The second-order valence-electron chi connectivity index (χ2n) is 7.03. The molecule has 2 nitrogen and oxygen atoms in total. The Morgan fingerprint density at radius 3 is 1.91 bits per heavy atom. The highest BCUT2D eigenvalue weighted by atomic mass is 28.4. The largest absolute Gasteiger partial charge is 0.515 e. The molecule has 0 aromatic carbocycles. The number of unbranched alkanes of at least 4 members (excludes halogenated alkanes) is 1. The molecule has 0 aliphatic heterocycles. The molecule has 0 saturated carbocycles. The van der Waals surface area contributed by atoms with Crippen molar-refractivity contribution in [2.24, 2.45) is 0 Å². The molecule has 0 atom stereocenters. The average Bonchev–Trinajstić information content (AvgIpc) is 2.43. The highest BCUT2D eigenvalue weighted by Crippen LogP contribution is 2.42. The first-order chi connectivity index (χ1) is 10.2. The lowest BCUT2D eigenvalue weighted by molar-refractivity contribution is -0.131. The summed E-state index contributed by atoms with van der Waals surface area (Å²) in [5, 5.41) is 0. The zero-order valence-corrected chi connectivity index (χ0v) is 16.9. The standard InChI is InChI=1S/C19H36O2Si/c1-9-11-13-18(14-12-10-2)19(20)21-22(15(3)4,16(5)6)17(7)8/h9,11,13,15-17H,10,12,14H2,1-8H3/b11-9+,18-13+. The third-order valence-corrected chi connectivity index (χ3v) is 10.5. The van der Waals surface area contributed by atoms with Crippen LogP contribution in [0.5, 0.6) is 0 Å². The number of carbonyl (C=O) groups excluding carboxylic acids is 1. The molecule has 22 heavy (non-hydrogen) atoms. The summed E-state index contributed by atoms with van der Waals surface area (Å²) in [5.74, 6) is -0.0886. The van der Waals surface area contributed by atoms with Gasteiger partial charge in [-0.15, -0.1) is 0 Å². The van der Waals surface area contributed by atoms with Gasteiger partial charge in [0.1, 0.15) is 0 Å². The van der Waals surface area contributed by atoms with Crippen molar-refractivity contribution in [1.29, 1.82) is 0 Å². The summed E-state index contributed by atoms with van der Waals surface area (Å²) in [7, 11) is -2.15. The fourth-order valence-corrected chi connectivity index (χ4v) is 8.57. The van der Waals surface area contributed by atoms with E-state index < -0.39 is 8.32 Å². The Morgan fingerprint density at radius 2 is 1.55 bits per heavy atom. The van der Waals surface area contributed by atoms with Crippen molar-refractivity contribution in [3.05, 3.63) is 23.8 Å². The maximum absolute atomic E-state index is 12.8. The Kier molecular flexibility index (Phi) is 9.66. The van der Waals surface area contributed by atoms with Crippen LogP contribution >= 0.6 is 0 Å². The fraction of sp³-hybridized carbons (Fsp3) is 0.737. The van der Waals surface area contributed by atoms with E-state index in [0.717, 1.165) is 24.8 Å². The lowest BCUT2D eigenvalue weighted by atomic mass is 10.1. The van der Waals surface area contributed by atoms with Gasteiger partial charge in [0.2, 0.25) is 0 Å². The minimum absolute atomic E-state index is 0.0886. The van der Waals surface area contributed by atoms with Crippen molar-refractivity contribution < 1.29 is 9.22 Å². The van der Waals surface area contributed by atoms with Crippen molar-refractivity contribution in [3.63, 3.8) is 0 Å². The number of hydrogen-bond donors (Lipinski definition) is 0. The monoisotopic (exact) mass is 324 g/mol. The normalized spacial score (nSPS) is 13.7. The van der Waals surface area contributed by atoms with Crippen LogP contribution in [0.3, 0.4) is 0 Å². The summed E-state index contributed by atoms with van der Waals surface area (Å²) in [5.41, 5.74) is 2.08. The van der Waals surface area contributed by atoms with Crippen molar-refractivity contribution in [2.45, 2.75) is 91.3 Å². The first kappa shape index (κ1) is 21.2. The van der Waals surface area contributed by atoms with Crippen molar-refractivity contribution in [2.75, 3.05) is 0 Å². The van der Waals surface area contributed by atoms with Gasteiger partial charge in [0.25, 0.3) is 8.32 Å². The molecule has 3 heteroatoms. The lowest BCUT2D eigenvalue weighted by Gasteiger charge is -2.41.